The third-order valence-corrected chi connectivity index (χ3v) is 4.09. The average molecular weight is 298 g/mol. The number of ether oxygens (including phenoxy) is 1. The van der Waals surface area contributed by atoms with Gasteiger partial charge in [0.1, 0.15) is 0 Å². The average Bonchev–Trinajstić information content (AvgIpc) is 2.83. The van der Waals surface area contributed by atoms with Crippen LogP contribution in [0.15, 0.2) is 22.7 Å². The molecule has 2 rings (SSSR count). The van der Waals surface area contributed by atoms with E-state index in [1.165, 1.54) is 17.5 Å². The molecule has 2 unspecified atom stereocenters. The molecule has 94 valence electrons. The third-order valence-electron chi connectivity index (χ3n) is 3.60. The van der Waals surface area contributed by atoms with Crippen molar-refractivity contribution in [3.05, 3.63) is 33.8 Å². The van der Waals surface area contributed by atoms with Crippen molar-refractivity contribution in [2.45, 2.75) is 32.9 Å². The van der Waals surface area contributed by atoms with Gasteiger partial charge in [0.05, 0.1) is 6.61 Å². The van der Waals surface area contributed by atoms with Gasteiger partial charge in [0.15, 0.2) is 0 Å². The number of hydrogen-bond donors (Lipinski definition) is 1. The normalized spacial score (nSPS) is 21.7. The largest absolute Gasteiger partial charge is 0.381 e. The molecule has 2 nitrogen and oxygen atoms in total. The quantitative estimate of drug-likeness (QED) is 0.921. The summed E-state index contributed by atoms with van der Waals surface area (Å²) < 4.78 is 6.58. The zero-order valence-electron chi connectivity index (χ0n) is 10.5. The molecule has 0 radical (unpaired) electrons. The molecule has 0 spiro atoms. The Kier molecular flexibility index (Phi) is 4.60. The topological polar surface area (TPSA) is 21.3 Å². The van der Waals surface area contributed by atoms with Crippen LogP contribution in [-0.2, 0) is 11.3 Å². The van der Waals surface area contributed by atoms with Crippen molar-refractivity contribution in [3.8, 4) is 0 Å². The van der Waals surface area contributed by atoms with Crippen molar-refractivity contribution in [3.63, 3.8) is 0 Å². The van der Waals surface area contributed by atoms with E-state index in [9.17, 15) is 0 Å². The highest BCUT2D eigenvalue weighted by molar-refractivity contribution is 9.10. The molecule has 1 heterocycles. The zero-order valence-corrected chi connectivity index (χ0v) is 12.1. The number of nitrogens with one attached hydrogen (secondary N) is 1. The van der Waals surface area contributed by atoms with Crippen LogP contribution < -0.4 is 5.32 Å². The standard InChI is InChI=1S/C14H20BrNO/c1-10-3-4-14(15)7-13(10)8-16-11(2)12-5-6-17-9-12/h3-4,7,11-12,16H,5-6,8-9H2,1-2H3. The summed E-state index contributed by atoms with van der Waals surface area (Å²) in [7, 11) is 0. The van der Waals surface area contributed by atoms with Gasteiger partial charge in [-0.1, -0.05) is 22.0 Å². The molecule has 1 fully saturated rings. The molecule has 1 aliphatic heterocycles. The van der Waals surface area contributed by atoms with Crippen LogP contribution in [0.1, 0.15) is 24.5 Å². The van der Waals surface area contributed by atoms with Gasteiger partial charge in [0, 0.05) is 23.7 Å². The van der Waals surface area contributed by atoms with Gasteiger partial charge in [-0.25, -0.2) is 0 Å². The second kappa shape index (κ2) is 5.98. The van der Waals surface area contributed by atoms with E-state index in [1.54, 1.807) is 0 Å². The fourth-order valence-electron chi connectivity index (χ4n) is 2.22. The number of benzene rings is 1. The van der Waals surface area contributed by atoms with E-state index in [0.29, 0.717) is 12.0 Å². The highest BCUT2D eigenvalue weighted by Crippen LogP contribution is 2.19. The van der Waals surface area contributed by atoms with Crippen LogP contribution in [-0.4, -0.2) is 19.3 Å². The summed E-state index contributed by atoms with van der Waals surface area (Å²) in [5.74, 6) is 0.669. The number of halogens is 1. The molecule has 1 aliphatic rings. The summed E-state index contributed by atoms with van der Waals surface area (Å²) in [5, 5.41) is 3.61. The SMILES string of the molecule is Cc1ccc(Br)cc1CNC(C)C1CCOC1. The summed E-state index contributed by atoms with van der Waals surface area (Å²) >= 11 is 3.52. The van der Waals surface area contributed by atoms with E-state index < -0.39 is 0 Å². The highest BCUT2D eigenvalue weighted by atomic mass is 79.9. The number of hydrogen-bond acceptors (Lipinski definition) is 2. The second-order valence-corrected chi connectivity index (χ2v) is 5.78. The monoisotopic (exact) mass is 297 g/mol. The molecule has 0 aliphatic carbocycles. The van der Waals surface area contributed by atoms with Gasteiger partial charge in [0.2, 0.25) is 0 Å². The van der Waals surface area contributed by atoms with Gasteiger partial charge in [0.25, 0.3) is 0 Å². The second-order valence-electron chi connectivity index (χ2n) is 4.86. The molecule has 3 heteroatoms. The van der Waals surface area contributed by atoms with Crippen LogP contribution in [0, 0.1) is 12.8 Å². The first-order chi connectivity index (χ1) is 8.16. The lowest BCUT2D eigenvalue weighted by molar-refractivity contribution is 0.178. The van der Waals surface area contributed by atoms with Crippen molar-refractivity contribution in [1.82, 2.24) is 5.32 Å². The summed E-state index contributed by atoms with van der Waals surface area (Å²) in [5.41, 5.74) is 2.71. The molecule has 2 atom stereocenters. The van der Waals surface area contributed by atoms with E-state index in [-0.39, 0.29) is 0 Å². The molecule has 0 amide bonds. The van der Waals surface area contributed by atoms with Crippen LogP contribution in [0.25, 0.3) is 0 Å². The molecule has 1 saturated heterocycles. The Balaban J connectivity index is 1.90. The van der Waals surface area contributed by atoms with E-state index in [4.69, 9.17) is 4.74 Å². The molecule has 1 aromatic carbocycles. The minimum absolute atomic E-state index is 0.524. The summed E-state index contributed by atoms with van der Waals surface area (Å²) in [4.78, 5) is 0. The molecular weight excluding hydrogens is 278 g/mol. The maximum atomic E-state index is 5.43. The van der Waals surface area contributed by atoms with Crippen LogP contribution in [0.4, 0.5) is 0 Å². The van der Waals surface area contributed by atoms with Gasteiger partial charge in [-0.2, -0.15) is 0 Å². The van der Waals surface area contributed by atoms with Gasteiger partial charge in [-0.15, -0.1) is 0 Å². The molecule has 1 N–H and O–H groups in total. The van der Waals surface area contributed by atoms with Crippen molar-refractivity contribution in [2.75, 3.05) is 13.2 Å². The summed E-state index contributed by atoms with van der Waals surface area (Å²) in [6.45, 7) is 7.18. The fourth-order valence-corrected chi connectivity index (χ4v) is 2.62. The molecule has 0 bridgehead atoms. The number of rotatable bonds is 4. The predicted molar refractivity (Wildman–Crippen MR) is 74.1 cm³/mol. The van der Waals surface area contributed by atoms with Gasteiger partial charge < -0.3 is 10.1 Å². The number of aryl methyl sites for hydroxylation is 1. The van der Waals surface area contributed by atoms with Gasteiger partial charge in [-0.3, -0.25) is 0 Å². The van der Waals surface area contributed by atoms with Gasteiger partial charge in [-0.05, 0) is 49.4 Å². The summed E-state index contributed by atoms with van der Waals surface area (Å²) in [6.07, 6.45) is 1.19. The maximum absolute atomic E-state index is 5.43. The highest BCUT2D eigenvalue weighted by Gasteiger charge is 2.21. The Hall–Kier alpha value is -0.380. The zero-order chi connectivity index (χ0) is 12.3. The van der Waals surface area contributed by atoms with E-state index in [1.807, 2.05) is 0 Å². The van der Waals surface area contributed by atoms with Crippen LogP contribution >= 0.6 is 15.9 Å². The first kappa shape index (κ1) is 13.1. The van der Waals surface area contributed by atoms with Crippen LogP contribution in [0.2, 0.25) is 0 Å². The molecular formula is C14H20BrNO. The Labute approximate surface area is 112 Å². The lowest BCUT2D eigenvalue weighted by Crippen LogP contribution is -2.33. The Morgan fingerprint density at radius 1 is 1.53 bits per heavy atom. The molecule has 1 aromatic rings. The maximum Gasteiger partial charge on any atom is 0.0509 e. The third kappa shape index (κ3) is 3.54. The van der Waals surface area contributed by atoms with Crippen LogP contribution in [0.5, 0.6) is 0 Å². The van der Waals surface area contributed by atoms with Crippen molar-refractivity contribution in [2.24, 2.45) is 5.92 Å². The smallest absolute Gasteiger partial charge is 0.0509 e. The van der Waals surface area contributed by atoms with Crippen molar-refractivity contribution >= 4 is 15.9 Å². The minimum Gasteiger partial charge on any atom is -0.381 e. The first-order valence-electron chi connectivity index (χ1n) is 6.23. The predicted octanol–water partition coefficient (Wildman–Crippen LogP) is 3.27. The van der Waals surface area contributed by atoms with E-state index in [0.717, 1.165) is 24.2 Å². The Morgan fingerprint density at radius 2 is 2.35 bits per heavy atom. The van der Waals surface area contributed by atoms with Crippen LogP contribution in [0.3, 0.4) is 0 Å². The minimum atomic E-state index is 0.524. The summed E-state index contributed by atoms with van der Waals surface area (Å²) in [6, 6.07) is 6.97. The Bertz CT molecular complexity index is 374. The lowest BCUT2D eigenvalue weighted by Gasteiger charge is -2.20. The first-order valence-corrected chi connectivity index (χ1v) is 7.02. The Morgan fingerprint density at radius 3 is 3.06 bits per heavy atom. The molecule has 0 saturated carbocycles. The van der Waals surface area contributed by atoms with Gasteiger partial charge >= 0.3 is 0 Å². The van der Waals surface area contributed by atoms with Crippen molar-refractivity contribution in [1.29, 1.82) is 0 Å². The van der Waals surface area contributed by atoms with E-state index >= 15 is 0 Å². The fraction of sp³-hybridized carbons (Fsp3) is 0.571. The van der Waals surface area contributed by atoms with E-state index in [2.05, 4.69) is 53.3 Å². The molecule has 17 heavy (non-hydrogen) atoms. The lowest BCUT2D eigenvalue weighted by atomic mass is 10.00. The molecule has 0 aromatic heterocycles. The van der Waals surface area contributed by atoms with Crippen molar-refractivity contribution < 1.29 is 4.74 Å².